The number of nitro benzene ring substituents is 1. The van der Waals surface area contributed by atoms with Crippen molar-refractivity contribution < 1.29 is 18.8 Å². The fourth-order valence-corrected chi connectivity index (χ4v) is 2.42. The Bertz CT molecular complexity index is 1080. The van der Waals surface area contributed by atoms with Crippen LogP contribution in [0.15, 0.2) is 66.7 Å². The molecular weight excluding hydrogens is 351 g/mol. The molecule has 0 bridgehead atoms. The number of nitriles is 1. The van der Waals surface area contributed by atoms with Gasteiger partial charge in [0.15, 0.2) is 17.3 Å². The maximum Gasteiger partial charge on any atom is 0.312 e. The van der Waals surface area contributed by atoms with Crippen molar-refractivity contribution >= 4 is 11.5 Å². The topological polar surface area (TPSA) is 93.2 Å². The molecule has 7 heteroatoms. The molecule has 0 unspecified atom stereocenters. The third kappa shape index (κ3) is 3.80. The fraction of sp³-hybridized carbons (Fsp3) is 0. The van der Waals surface area contributed by atoms with Gasteiger partial charge in [-0.2, -0.15) is 5.26 Å². The Labute approximate surface area is 153 Å². The van der Waals surface area contributed by atoms with E-state index in [1.165, 1.54) is 24.3 Å². The predicted molar refractivity (Wildman–Crippen MR) is 94.2 cm³/mol. The highest BCUT2D eigenvalue weighted by Crippen LogP contribution is 2.34. The molecule has 0 N–H and O–H groups in total. The van der Waals surface area contributed by atoms with E-state index in [-0.39, 0.29) is 28.4 Å². The van der Waals surface area contributed by atoms with Gasteiger partial charge in [-0.05, 0) is 30.3 Å². The number of ketones is 1. The zero-order chi connectivity index (χ0) is 19.4. The van der Waals surface area contributed by atoms with Gasteiger partial charge in [-0.3, -0.25) is 14.9 Å². The quantitative estimate of drug-likeness (QED) is 0.375. The van der Waals surface area contributed by atoms with Crippen LogP contribution in [-0.4, -0.2) is 10.7 Å². The monoisotopic (exact) mass is 362 g/mol. The highest BCUT2D eigenvalue weighted by atomic mass is 19.1. The van der Waals surface area contributed by atoms with Crippen molar-refractivity contribution in [3.63, 3.8) is 0 Å². The number of carbonyl (C=O) groups is 1. The summed E-state index contributed by atoms with van der Waals surface area (Å²) in [5.74, 6) is -1.69. The fourth-order valence-electron chi connectivity index (χ4n) is 2.42. The molecule has 3 aromatic carbocycles. The summed E-state index contributed by atoms with van der Waals surface area (Å²) in [5.41, 5.74) is 0.123. The van der Waals surface area contributed by atoms with Crippen LogP contribution in [0.4, 0.5) is 10.1 Å². The van der Waals surface area contributed by atoms with Crippen LogP contribution in [-0.2, 0) is 0 Å². The smallest absolute Gasteiger partial charge is 0.312 e. The Hall–Kier alpha value is -4.05. The van der Waals surface area contributed by atoms with Crippen molar-refractivity contribution in [1.82, 2.24) is 0 Å². The number of hydrogen-bond donors (Lipinski definition) is 0. The lowest BCUT2D eigenvalue weighted by Gasteiger charge is -2.09. The minimum absolute atomic E-state index is 0.0955. The average Bonchev–Trinajstić information content (AvgIpc) is 2.69. The first-order chi connectivity index (χ1) is 13.0. The van der Waals surface area contributed by atoms with Gasteiger partial charge in [-0.15, -0.1) is 0 Å². The second kappa shape index (κ2) is 7.45. The number of hydrogen-bond acceptors (Lipinski definition) is 5. The predicted octanol–water partition coefficient (Wildman–Crippen LogP) is 4.63. The van der Waals surface area contributed by atoms with E-state index in [2.05, 4.69) is 0 Å². The van der Waals surface area contributed by atoms with Crippen molar-refractivity contribution in [1.29, 1.82) is 5.26 Å². The molecule has 0 radical (unpaired) electrons. The molecule has 0 aliphatic carbocycles. The van der Waals surface area contributed by atoms with Crippen molar-refractivity contribution in [2.45, 2.75) is 0 Å². The summed E-state index contributed by atoms with van der Waals surface area (Å²) in [5, 5.41) is 20.1. The van der Waals surface area contributed by atoms with Gasteiger partial charge in [0, 0.05) is 17.2 Å². The van der Waals surface area contributed by atoms with Crippen LogP contribution in [0.3, 0.4) is 0 Å². The molecule has 0 heterocycles. The maximum absolute atomic E-state index is 14.0. The largest absolute Gasteiger partial charge is 0.447 e. The Morgan fingerprint density at radius 3 is 2.33 bits per heavy atom. The lowest BCUT2D eigenvalue weighted by atomic mass is 10.0. The number of ether oxygens (including phenoxy) is 1. The summed E-state index contributed by atoms with van der Waals surface area (Å²) < 4.78 is 19.3. The Morgan fingerprint density at radius 2 is 1.70 bits per heavy atom. The van der Waals surface area contributed by atoms with Crippen molar-refractivity contribution in [2.75, 3.05) is 0 Å². The lowest BCUT2D eigenvalue weighted by Crippen LogP contribution is -2.03. The van der Waals surface area contributed by atoms with Crippen LogP contribution in [0, 0.1) is 27.3 Å². The molecule has 0 aliphatic rings. The van der Waals surface area contributed by atoms with Gasteiger partial charge >= 0.3 is 5.69 Å². The van der Waals surface area contributed by atoms with E-state index >= 15 is 0 Å². The summed E-state index contributed by atoms with van der Waals surface area (Å²) in [4.78, 5) is 23.1. The summed E-state index contributed by atoms with van der Waals surface area (Å²) in [6.07, 6.45) is 0. The average molecular weight is 362 g/mol. The summed E-state index contributed by atoms with van der Waals surface area (Å²) in [6, 6.07) is 17.3. The third-order valence-electron chi connectivity index (χ3n) is 3.73. The van der Waals surface area contributed by atoms with E-state index in [0.29, 0.717) is 5.56 Å². The van der Waals surface area contributed by atoms with Gasteiger partial charge in [-0.25, -0.2) is 4.39 Å². The standard InChI is InChI=1S/C20H11FN2O4/c21-16-10-13(12-22)6-8-18(16)27-19-9-7-15(11-17(19)23(25)26)20(24)14-4-2-1-3-5-14/h1-11H. The van der Waals surface area contributed by atoms with Gasteiger partial charge in [0.05, 0.1) is 16.6 Å². The Balaban J connectivity index is 1.97. The molecule has 132 valence electrons. The van der Waals surface area contributed by atoms with E-state index < -0.39 is 16.4 Å². The molecule has 0 aliphatic heterocycles. The first-order valence-corrected chi connectivity index (χ1v) is 7.75. The normalized spacial score (nSPS) is 10.1. The summed E-state index contributed by atoms with van der Waals surface area (Å²) in [7, 11) is 0. The molecule has 0 atom stereocenters. The van der Waals surface area contributed by atoms with Crippen LogP contribution >= 0.6 is 0 Å². The minimum atomic E-state index is -0.826. The molecule has 27 heavy (non-hydrogen) atoms. The van der Waals surface area contributed by atoms with Gasteiger partial charge in [0.1, 0.15) is 0 Å². The molecule has 6 nitrogen and oxygen atoms in total. The number of carbonyl (C=O) groups excluding carboxylic acids is 1. The zero-order valence-electron chi connectivity index (χ0n) is 13.8. The summed E-state index contributed by atoms with van der Waals surface area (Å²) in [6.45, 7) is 0. The van der Waals surface area contributed by atoms with Crippen molar-refractivity contribution in [3.8, 4) is 17.6 Å². The van der Waals surface area contributed by atoms with Crippen molar-refractivity contribution in [3.05, 3.63) is 99.4 Å². The number of rotatable bonds is 5. The zero-order valence-corrected chi connectivity index (χ0v) is 13.8. The molecule has 0 saturated carbocycles. The van der Waals surface area contributed by atoms with Crippen molar-refractivity contribution in [2.24, 2.45) is 0 Å². The molecule has 0 fully saturated rings. The van der Waals surface area contributed by atoms with Crippen LogP contribution in [0.5, 0.6) is 11.5 Å². The first-order valence-electron chi connectivity index (χ1n) is 7.75. The van der Waals surface area contributed by atoms with E-state index in [1.807, 2.05) is 0 Å². The molecule has 3 rings (SSSR count). The van der Waals surface area contributed by atoms with E-state index in [1.54, 1.807) is 36.4 Å². The minimum Gasteiger partial charge on any atom is -0.447 e. The van der Waals surface area contributed by atoms with Gasteiger partial charge < -0.3 is 4.74 Å². The number of nitro groups is 1. The number of nitrogens with zero attached hydrogens (tertiary/aromatic N) is 2. The van der Waals surface area contributed by atoms with Gasteiger partial charge in [0.2, 0.25) is 5.75 Å². The van der Waals surface area contributed by atoms with Gasteiger partial charge in [0.25, 0.3) is 0 Å². The second-order valence-corrected chi connectivity index (χ2v) is 5.49. The molecular formula is C20H11FN2O4. The molecule has 0 spiro atoms. The van der Waals surface area contributed by atoms with Crippen LogP contribution < -0.4 is 4.74 Å². The highest BCUT2D eigenvalue weighted by Gasteiger charge is 2.21. The maximum atomic E-state index is 14.0. The Morgan fingerprint density at radius 1 is 1.00 bits per heavy atom. The highest BCUT2D eigenvalue weighted by molar-refractivity contribution is 6.09. The Kier molecular flexibility index (Phi) is 4.90. The second-order valence-electron chi connectivity index (χ2n) is 5.49. The van der Waals surface area contributed by atoms with Gasteiger partial charge in [-0.1, -0.05) is 30.3 Å². The van der Waals surface area contributed by atoms with Crippen LogP contribution in [0.25, 0.3) is 0 Å². The molecule has 0 amide bonds. The SMILES string of the molecule is N#Cc1ccc(Oc2ccc(C(=O)c3ccccc3)cc2[N+](=O)[O-])c(F)c1. The van der Waals surface area contributed by atoms with E-state index in [9.17, 15) is 19.3 Å². The third-order valence-corrected chi connectivity index (χ3v) is 3.73. The molecule has 0 aromatic heterocycles. The summed E-state index contributed by atoms with van der Waals surface area (Å²) >= 11 is 0. The lowest BCUT2D eigenvalue weighted by molar-refractivity contribution is -0.385. The number of benzene rings is 3. The molecule has 0 saturated heterocycles. The van der Waals surface area contributed by atoms with Crippen LogP contribution in [0.1, 0.15) is 21.5 Å². The van der Waals surface area contributed by atoms with E-state index in [4.69, 9.17) is 10.00 Å². The van der Waals surface area contributed by atoms with E-state index in [0.717, 1.165) is 12.1 Å². The van der Waals surface area contributed by atoms with Crippen LogP contribution in [0.2, 0.25) is 0 Å². The number of halogens is 1. The molecule has 3 aromatic rings. The first kappa shape index (κ1) is 17.8.